The van der Waals surface area contributed by atoms with E-state index in [-0.39, 0.29) is 18.1 Å². The van der Waals surface area contributed by atoms with Crippen molar-refractivity contribution in [3.63, 3.8) is 0 Å². The Labute approximate surface area is 203 Å². The lowest BCUT2D eigenvalue weighted by atomic mass is 10.0. The molecule has 2 unspecified atom stereocenters. The van der Waals surface area contributed by atoms with Crippen molar-refractivity contribution in [2.24, 2.45) is 0 Å². The smallest absolute Gasteiger partial charge is 0.337 e. The minimum atomic E-state index is -0.369. The van der Waals surface area contributed by atoms with Gasteiger partial charge in [-0.15, -0.1) is 0 Å². The Balaban J connectivity index is 1.49. The number of ether oxygens (including phenoxy) is 1. The monoisotopic (exact) mass is 469 g/mol. The Kier molecular flexibility index (Phi) is 6.10. The van der Waals surface area contributed by atoms with E-state index < -0.39 is 0 Å². The van der Waals surface area contributed by atoms with Crippen LogP contribution in [0.25, 0.3) is 11.3 Å². The van der Waals surface area contributed by atoms with Crippen molar-refractivity contribution in [3.05, 3.63) is 114 Å². The molecule has 1 aliphatic heterocycles. The molecule has 170 valence electrons. The molecular weight excluding hydrogens is 446 g/mol. The van der Waals surface area contributed by atoms with E-state index in [2.05, 4.69) is 27.3 Å². The molecule has 6 nitrogen and oxygen atoms in total. The van der Waals surface area contributed by atoms with E-state index in [4.69, 9.17) is 21.4 Å². The summed E-state index contributed by atoms with van der Waals surface area (Å²) in [5.74, 6) is 1.13. The first kappa shape index (κ1) is 21.9. The second-order valence-corrected chi connectivity index (χ2v) is 8.40. The summed E-state index contributed by atoms with van der Waals surface area (Å²) in [6, 6.07) is 26.9. The molecule has 0 radical (unpaired) electrons. The maximum atomic E-state index is 11.8. The van der Waals surface area contributed by atoms with Gasteiger partial charge in [-0.25, -0.2) is 4.79 Å². The number of methoxy groups -OCH3 is 1. The lowest BCUT2D eigenvalue weighted by Crippen LogP contribution is -2.29. The Hall–Kier alpha value is -3.97. The van der Waals surface area contributed by atoms with Gasteiger partial charge in [-0.2, -0.15) is 0 Å². The van der Waals surface area contributed by atoms with Gasteiger partial charge in [0.05, 0.1) is 24.4 Å². The van der Waals surface area contributed by atoms with Crippen LogP contribution in [-0.2, 0) is 11.3 Å². The summed E-state index contributed by atoms with van der Waals surface area (Å²) in [6.45, 7) is 0.643. The second kappa shape index (κ2) is 9.49. The topological polar surface area (TPSA) is 67.6 Å². The summed E-state index contributed by atoms with van der Waals surface area (Å²) in [5.41, 5.74) is 3.42. The summed E-state index contributed by atoms with van der Waals surface area (Å²) < 4.78 is 11.1. The summed E-state index contributed by atoms with van der Waals surface area (Å²) in [6.07, 6.45) is 1.79. The highest BCUT2D eigenvalue weighted by Gasteiger charge is 2.41. The molecule has 0 saturated carbocycles. The summed E-state index contributed by atoms with van der Waals surface area (Å²) in [7, 11) is 1.37. The van der Waals surface area contributed by atoms with Gasteiger partial charge in [0.25, 0.3) is 0 Å². The van der Waals surface area contributed by atoms with Crippen molar-refractivity contribution in [1.29, 1.82) is 0 Å². The van der Waals surface area contributed by atoms with E-state index in [1.807, 2.05) is 60.7 Å². The Morgan fingerprint density at radius 3 is 2.50 bits per heavy atom. The van der Waals surface area contributed by atoms with Crippen LogP contribution in [0.5, 0.6) is 0 Å². The molecule has 0 spiro atoms. The van der Waals surface area contributed by atoms with Crippen molar-refractivity contribution in [2.75, 3.05) is 7.11 Å². The van der Waals surface area contributed by atoms with Crippen LogP contribution in [0.1, 0.15) is 39.5 Å². The first-order valence-electron chi connectivity index (χ1n) is 10.9. The van der Waals surface area contributed by atoms with Crippen LogP contribution in [0.4, 0.5) is 0 Å². The fraction of sp³-hybridized carbons (Fsp3) is 0.148. The third-order valence-electron chi connectivity index (χ3n) is 5.90. The van der Waals surface area contributed by atoms with Crippen molar-refractivity contribution in [3.8, 4) is 11.3 Å². The third kappa shape index (κ3) is 4.30. The first-order chi connectivity index (χ1) is 16.6. The average Bonchev–Trinajstić information content (AvgIpc) is 3.50. The molecule has 1 saturated heterocycles. The number of aromatic nitrogens is 1. The quantitative estimate of drug-likeness (QED) is 0.304. The van der Waals surface area contributed by atoms with Crippen LogP contribution in [0.3, 0.4) is 0 Å². The minimum absolute atomic E-state index is 0.155. The van der Waals surface area contributed by atoms with Crippen molar-refractivity contribution < 1.29 is 13.9 Å². The fourth-order valence-corrected chi connectivity index (χ4v) is 4.53. The van der Waals surface area contributed by atoms with Crippen molar-refractivity contribution in [2.45, 2.75) is 18.6 Å². The molecular formula is C27H23N3O3S. The largest absolute Gasteiger partial charge is 0.465 e. The van der Waals surface area contributed by atoms with E-state index in [0.29, 0.717) is 23.0 Å². The second-order valence-electron chi connectivity index (χ2n) is 8.01. The lowest BCUT2D eigenvalue weighted by Gasteiger charge is -2.26. The standard InChI is InChI=1S/C27H23N3O3S/c1-32-26(31)20-12-10-19(11-13-20)22-14-15-23(33-22)25-24(21-9-5-6-16-28-21)29-27(34)30(25)17-18-7-3-2-4-8-18/h2-16,24-25H,17H2,1H3,(H,29,34). The predicted molar refractivity (Wildman–Crippen MR) is 133 cm³/mol. The number of hydrogen-bond donors (Lipinski definition) is 1. The maximum absolute atomic E-state index is 11.8. The summed E-state index contributed by atoms with van der Waals surface area (Å²) in [4.78, 5) is 18.5. The highest BCUT2D eigenvalue weighted by atomic mass is 32.1. The number of furan rings is 1. The van der Waals surface area contributed by atoms with Crippen molar-refractivity contribution in [1.82, 2.24) is 15.2 Å². The highest BCUT2D eigenvalue weighted by molar-refractivity contribution is 7.80. The summed E-state index contributed by atoms with van der Waals surface area (Å²) in [5, 5.41) is 4.11. The first-order valence-corrected chi connectivity index (χ1v) is 11.4. The van der Waals surface area contributed by atoms with E-state index in [9.17, 15) is 4.79 Å². The average molecular weight is 470 g/mol. The summed E-state index contributed by atoms with van der Waals surface area (Å²) >= 11 is 5.75. The molecule has 5 rings (SSSR count). The van der Waals surface area contributed by atoms with E-state index >= 15 is 0 Å². The molecule has 1 fully saturated rings. The molecule has 3 heterocycles. The van der Waals surface area contributed by atoms with Crippen LogP contribution in [0, 0.1) is 0 Å². The lowest BCUT2D eigenvalue weighted by molar-refractivity contribution is 0.0600. The third-order valence-corrected chi connectivity index (χ3v) is 6.25. The zero-order valence-electron chi connectivity index (χ0n) is 18.5. The zero-order chi connectivity index (χ0) is 23.5. The Bertz CT molecular complexity index is 1290. The molecule has 2 atom stereocenters. The molecule has 7 heteroatoms. The van der Waals surface area contributed by atoms with E-state index in [1.165, 1.54) is 7.11 Å². The van der Waals surface area contributed by atoms with E-state index in [0.717, 1.165) is 22.6 Å². The van der Waals surface area contributed by atoms with Gasteiger partial charge in [0.1, 0.15) is 17.6 Å². The van der Waals surface area contributed by atoms with Gasteiger partial charge >= 0.3 is 5.97 Å². The number of carbonyl (C=O) groups is 1. The fourth-order valence-electron chi connectivity index (χ4n) is 4.22. The van der Waals surface area contributed by atoms with Crippen molar-refractivity contribution >= 4 is 23.3 Å². The van der Waals surface area contributed by atoms with Gasteiger partial charge in [-0.1, -0.05) is 48.5 Å². The maximum Gasteiger partial charge on any atom is 0.337 e. The molecule has 0 bridgehead atoms. The molecule has 4 aromatic rings. The van der Waals surface area contributed by atoms with Crippen LogP contribution in [-0.4, -0.2) is 28.1 Å². The number of carbonyl (C=O) groups excluding carboxylic acids is 1. The van der Waals surface area contributed by atoms with Crippen LogP contribution >= 0.6 is 12.2 Å². The van der Waals surface area contributed by atoms with Gasteiger partial charge in [0.2, 0.25) is 0 Å². The molecule has 1 aliphatic rings. The Morgan fingerprint density at radius 2 is 1.79 bits per heavy atom. The van der Waals surface area contributed by atoms with Gasteiger partial charge in [-0.3, -0.25) is 4.98 Å². The van der Waals surface area contributed by atoms with Gasteiger partial charge in [-0.05, 0) is 54.2 Å². The molecule has 0 aliphatic carbocycles. The molecule has 34 heavy (non-hydrogen) atoms. The Morgan fingerprint density at radius 1 is 1.03 bits per heavy atom. The molecule has 0 amide bonds. The van der Waals surface area contributed by atoms with Gasteiger partial charge in [0, 0.05) is 18.3 Å². The van der Waals surface area contributed by atoms with Gasteiger partial charge < -0.3 is 19.4 Å². The number of thiocarbonyl (C=S) groups is 1. The predicted octanol–water partition coefficient (Wildman–Crippen LogP) is 5.30. The van der Waals surface area contributed by atoms with Crippen LogP contribution in [0.15, 0.2) is 95.5 Å². The molecule has 2 aromatic carbocycles. The van der Waals surface area contributed by atoms with Crippen LogP contribution in [0.2, 0.25) is 0 Å². The van der Waals surface area contributed by atoms with E-state index in [1.54, 1.807) is 18.3 Å². The highest BCUT2D eigenvalue weighted by Crippen LogP contribution is 2.41. The number of rotatable bonds is 6. The molecule has 2 aromatic heterocycles. The number of hydrogen-bond acceptors (Lipinski definition) is 5. The molecule has 1 N–H and O–H groups in total. The minimum Gasteiger partial charge on any atom is -0.465 e. The zero-order valence-corrected chi connectivity index (χ0v) is 19.4. The SMILES string of the molecule is COC(=O)c1ccc(-c2ccc(C3C(c4ccccn4)NC(=S)N3Cc3ccccc3)o2)cc1. The number of nitrogens with zero attached hydrogens (tertiary/aromatic N) is 2. The normalized spacial score (nSPS) is 17.4. The number of pyridine rings is 1. The van der Waals surface area contributed by atoms with Crippen LogP contribution < -0.4 is 5.32 Å². The van der Waals surface area contributed by atoms with Gasteiger partial charge in [0.15, 0.2) is 5.11 Å². The number of nitrogens with one attached hydrogen (secondary N) is 1. The number of esters is 1. The number of benzene rings is 2.